The van der Waals surface area contributed by atoms with E-state index in [2.05, 4.69) is 21.2 Å². The first-order valence-electron chi connectivity index (χ1n) is 7.29. The third kappa shape index (κ3) is 5.25. The van der Waals surface area contributed by atoms with E-state index >= 15 is 0 Å². The summed E-state index contributed by atoms with van der Waals surface area (Å²) < 4.78 is 44.1. The van der Waals surface area contributed by atoms with Crippen molar-refractivity contribution in [2.75, 3.05) is 12.4 Å². The van der Waals surface area contributed by atoms with Crippen molar-refractivity contribution in [3.05, 3.63) is 62.6 Å². The number of carbonyl (C=O) groups is 1. The van der Waals surface area contributed by atoms with Crippen LogP contribution >= 0.6 is 27.5 Å². The zero-order valence-electron chi connectivity index (χ0n) is 13.7. The summed E-state index contributed by atoms with van der Waals surface area (Å²) in [6.45, 7) is 0. The van der Waals surface area contributed by atoms with Crippen molar-refractivity contribution in [2.24, 2.45) is 0 Å². The lowest BCUT2D eigenvalue weighted by Gasteiger charge is -2.11. The molecular weight excluding hydrogens is 449 g/mol. The molecule has 0 aromatic heterocycles. The van der Waals surface area contributed by atoms with Crippen LogP contribution in [0.5, 0.6) is 5.75 Å². The zero-order chi connectivity index (χ0) is 20.2. The van der Waals surface area contributed by atoms with Crippen LogP contribution in [0.3, 0.4) is 0 Å². The van der Waals surface area contributed by atoms with Gasteiger partial charge in [0.1, 0.15) is 17.4 Å². The van der Waals surface area contributed by atoms with Crippen LogP contribution in [-0.4, -0.2) is 13.0 Å². The van der Waals surface area contributed by atoms with Crippen LogP contribution in [0, 0.1) is 11.3 Å². The molecule has 0 bridgehead atoms. The maximum Gasteiger partial charge on any atom is 0.416 e. The minimum Gasteiger partial charge on any atom is -0.496 e. The van der Waals surface area contributed by atoms with Crippen molar-refractivity contribution >= 4 is 45.2 Å². The predicted octanol–water partition coefficient (Wildman–Crippen LogP) is 5.68. The van der Waals surface area contributed by atoms with Gasteiger partial charge in [0.05, 0.1) is 27.9 Å². The number of hydrogen-bond donors (Lipinski definition) is 1. The van der Waals surface area contributed by atoms with Crippen molar-refractivity contribution in [1.29, 1.82) is 5.26 Å². The normalized spacial score (nSPS) is 11.7. The molecule has 0 spiro atoms. The maximum absolute atomic E-state index is 12.8. The lowest BCUT2D eigenvalue weighted by Crippen LogP contribution is -2.15. The molecular formula is C18H11BrClF3N2O2. The molecule has 2 rings (SSSR count). The number of ether oxygens (including phenoxy) is 1. The van der Waals surface area contributed by atoms with Gasteiger partial charge in [-0.15, -0.1) is 0 Å². The summed E-state index contributed by atoms with van der Waals surface area (Å²) in [5.74, 6) is -0.323. The Morgan fingerprint density at radius 1 is 1.30 bits per heavy atom. The highest BCUT2D eigenvalue weighted by Gasteiger charge is 2.31. The number of anilines is 1. The Hall–Kier alpha value is -2.50. The molecule has 140 valence electrons. The van der Waals surface area contributed by atoms with Crippen LogP contribution in [0.4, 0.5) is 18.9 Å². The molecule has 0 heterocycles. The van der Waals surface area contributed by atoms with Gasteiger partial charge in [0.15, 0.2) is 0 Å². The number of methoxy groups -OCH3 is 1. The number of carbonyl (C=O) groups excluding carboxylic acids is 1. The Balaban J connectivity index is 2.31. The highest BCUT2D eigenvalue weighted by molar-refractivity contribution is 9.10. The molecule has 1 amide bonds. The van der Waals surface area contributed by atoms with Gasteiger partial charge >= 0.3 is 6.18 Å². The largest absolute Gasteiger partial charge is 0.496 e. The standard InChI is InChI=1S/C18H11BrClF3N2O2/c1-27-16-5-2-10(7-13(16)19)6-11(9-24)17(26)25-15-8-12(18(21,22)23)3-4-14(15)20/h2-8H,1H3,(H,25,26)/b11-6+. The smallest absolute Gasteiger partial charge is 0.416 e. The van der Waals surface area contributed by atoms with E-state index in [1.807, 2.05) is 0 Å². The summed E-state index contributed by atoms with van der Waals surface area (Å²) in [7, 11) is 1.49. The highest BCUT2D eigenvalue weighted by Crippen LogP contribution is 2.34. The second-order valence-electron chi connectivity index (χ2n) is 5.21. The second kappa shape index (κ2) is 8.46. The number of nitrogens with zero attached hydrogens (tertiary/aromatic N) is 1. The van der Waals surface area contributed by atoms with Crippen molar-refractivity contribution < 1.29 is 22.7 Å². The van der Waals surface area contributed by atoms with Crippen LogP contribution in [0.1, 0.15) is 11.1 Å². The first-order chi connectivity index (χ1) is 12.7. The summed E-state index contributed by atoms with van der Waals surface area (Å²) in [6, 6.07) is 9.13. The molecule has 27 heavy (non-hydrogen) atoms. The number of benzene rings is 2. The molecule has 0 aliphatic carbocycles. The first kappa shape index (κ1) is 20.8. The number of nitriles is 1. The quantitative estimate of drug-likeness (QED) is 0.473. The molecule has 0 aliphatic heterocycles. The summed E-state index contributed by atoms with van der Waals surface area (Å²) in [4.78, 5) is 12.3. The van der Waals surface area contributed by atoms with E-state index < -0.39 is 17.6 Å². The van der Waals surface area contributed by atoms with Crippen LogP contribution < -0.4 is 10.1 Å². The predicted molar refractivity (Wildman–Crippen MR) is 99.4 cm³/mol. The molecule has 0 saturated heterocycles. The van der Waals surface area contributed by atoms with E-state index in [0.717, 1.165) is 12.1 Å². The highest BCUT2D eigenvalue weighted by atomic mass is 79.9. The Kier molecular flexibility index (Phi) is 6.52. The molecule has 0 aliphatic rings. The number of halogens is 5. The average molecular weight is 460 g/mol. The summed E-state index contributed by atoms with van der Waals surface area (Å²) >= 11 is 9.13. The number of hydrogen-bond acceptors (Lipinski definition) is 3. The minimum atomic E-state index is -4.59. The molecule has 2 aromatic carbocycles. The molecule has 0 unspecified atom stereocenters. The van der Waals surface area contributed by atoms with Gasteiger partial charge in [0.25, 0.3) is 5.91 Å². The SMILES string of the molecule is COc1ccc(/C=C(\C#N)C(=O)Nc2cc(C(F)(F)F)ccc2Cl)cc1Br. The maximum atomic E-state index is 12.8. The zero-order valence-corrected chi connectivity index (χ0v) is 16.0. The lowest BCUT2D eigenvalue weighted by molar-refractivity contribution is -0.137. The fraction of sp³-hybridized carbons (Fsp3) is 0.111. The van der Waals surface area contributed by atoms with Crippen molar-refractivity contribution in [1.82, 2.24) is 0 Å². The van der Waals surface area contributed by atoms with Crippen molar-refractivity contribution in [3.8, 4) is 11.8 Å². The topological polar surface area (TPSA) is 62.1 Å². The van der Waals surface area contributed by atoms with E-state index in [-0.39, 0.29) is 16.3 Å². The number of rotatable bonds is 4. The summed E-state index contributed by atoms with van der Waals surface area (Å²) in [5, 5.41) is 11.4. The van der Waals surface area contributed by atoms with Gasteiger partial charge in [0.2, 0.25) is 0 Å². The third-order valence-corrected chi connectivity index (χ3v) is 4.34. The van der Waals surface area contributed by atoms with Crippen molar-refractivity contribution in [2.45, 2.75) is 6.18 Å². The Morgan fingerprint density at radius 3 is 2.56 bits per heavy atom. The number of alkyl halides is 3. The van der Waals surface area contributed by atoms with Gasteiger partial charge in [0, 0.05) is 0 Å². The van der Waals surface area contributed by atoms with E-state index in [1.54, 1.807) is 24.3 Å². The second-order valence-corrected chi connectivity index (χ2v) is 6.47. The van der Waals surface area contributed by atoms with E-state index in [4.69, 9.17) is 16.3 Å². The Bertz CT molecular complexity index is 953. The van der Waals surface area contributed by atoms with Gasteiger partial charge in [-0.1, -0.05) is 17.7 Å². The number of amides is 1. The molecule has 1 N–H and O–H groups in total. The Morgan fingerprint density at radius 2 is 2.00 bits per heavy atom. The van der Waals surface area contributed by atoms with Gasteiger partial charge in [-0.25, -0.2) is 0 Å². The molecule has 0 radical (unpaired) electrons. The fourth-order valence-corrected chi connectivity index (χ4v) is 2.80. The van der Waals surface area contributed by atoms with Crippen LogP contribution in [0.2, 0.25) is 5.02 Å². The molecule has 0 atom stereocenters. The molecule has 9 heteroatoms. The number of nitrogens with one attached hydrogen (secondary N) is 1. The monoisotopic (exact) mass is 458 g/mol. The average Bonchev–Trinajstić information content (AvgIpc) is 2.60. The molecule has 0 fully saturated rings. The van der Waals surface area contributed by atoms with Crippen LogP contribution in [0.25, 0.3) is 6.08 Å². The van der Waals surface area contributed by atoms with Crippen LogP contribution in [0.15, 0.2) is 46.4 Å². The van der Waals surface area contributed by atoms with Gasteiger partial charge in [-0.2, -0.15) is 18.4 Å². The van der Waals surface area contributed by atoms with E-state index in [9.17, 15) is 23.2 Å². The fourth-order valence-electron chi connectivity index (χ4n) is 2.07. The summed E-state index contributed by atoms with van der Waals surface area (Å²) in [6.07, 6.45) is -3.30. The molecule has 0 saturated carbocycles. The van der Waals surface area contributed by atoms with Crippen LogP contribution in [-0.2, 0) is 11.0 Å². The minimum absolute atomic E-state index is 0.0826. The van der Waals surface area contributed by atoms with E-state index in [0.29, 0.717) is 21.9 Å². The van der Waals surface area contributed by atoms with E-state index in [1.165, 1.54) is 13.2 Å². The summed E-state index contributed by atoms with van der Waals surface area (Å²) in [5.41, 5.74) is -0.998. The molecule has 2 aromatic rings. The lowest BCUT2D eigenvalue weighted by atomic mass is 10.1. The van der Waals surface area contributed by atoms with Gasteiger partial charge < -0.3 is 10.1 Å². The Labute approximate surface area is 166 Å². The third-order valence-electron chi connectivity index (χ3n) is 3.39. The first-order valence-corrected chi connectivity index (χ1v) is 8.46. The van der Waals surface area contributed by atoms with Crippen molar-refractivity contribution in [3.63, 3.8) is 0 Å². The molecule has 4 nitrogen and oxygen atoms in total. The van der Waals surface area contributed by atoms with Gasteiger partial charge in [-0.05, 0) is 57.9 Å². The van der Waals surface area contributed by atoms with Gasteiger partial charge in [-0.3, -0.25) is 4.79 Å².